The van der Waals surface area contributed by atoms with Crippen LogP contribution in [0.5, 0.6) is 11.5 Å². The summed E-state index contributed by atoms with van der Waals surface area (Å²) in [4.78, 5) is 27.5. The Labute approximate surface area is 220 Å². The lowest BCUT2D eigenvalue weighted by Gasteiger charge is -2.16. The van der Waals surface area contributed by atoms with Crippen molar-refractivity contribution < 1.29 is 19.1 Å². The van der Waals surface area contributed by atoms with E-state index in [2.05, 4.69) is 5.32 Å². The van der Waals surface area contributed by atoms with Gasteiger partial charge in [0.2, 0.25) is 0 Å². The summed E-state index contributed by atoms with van der Waals surface area (Å²) < 4.78 is 11.6. The lowest BCUT2D eigenvalue weighted by molar-refractivity contribution is -0.118. The van der Waals surface area contributed by atoms with Gasteiger partial charge < -0.3 is 14.8 Å². The minimum absolute atomic E-state index is 0.166. The molecule has 0 aromatic heterocycles. The van der Waals surface area contributed by atoms with Crippen LogP contribution in [0, 0.1) is 20.8 Å². The molecular weight excluding hydrogens is 492 g/mol. The Balaban J connectivity index is 1.45. The number of carbonyl (C=O) groups is 2. The molecule has 0 bridgehead atoms. The van der Waals surface area contributed by atoms with Crippen molar-refractivity contribution in [3.05, 3.63) is 87.8 Å². The molecule has 0 spiro atoms. The molecule has 2 amide bonds. The van der Waals surface area contributed by atoms with E-state index in [1.165, 1.54) is 18.9 Å². The van der Waals surface area contributed by atoms with Crippen molar-refractivity contribution in [2.75, 3.05) is 23.9 Å². The maximum absolute atomic E-state index is 13.1. The monoisotopic (exact) mass is 518 g/mol. The molecule has 4 rings (SSSR count). The van der Waals surface area contributed by atoms with Gasteiger partial charge >= 0.3 is 0 Å². The van der Waals surface area contributed by atoms with E-state index >= 15 is 0 Å². The summed E-state index contributed by atoms with van der Waals surface area (Å²) in [6, 6.07) is 18.7. The van der Waals surface area contributed by atoms with Gasteiger partial charge in [0.25, 0.3) is 11.8 Å². The third-order valence-electron chi connectivity index (χ3n) is 5.72. The summed E-state index contributed by atoms with van der Waals surface area (Å²) in [5.74, 6) is 0.438. The van der Waals surface area contributed by atoms with Crippen LogP contribution in [0.2, 0.25) is 0 Å². The highest BCUT2D eigenvalue weighted by atomic mass is 32.2. The number of nitrogens with one attached hydrogen (secondary N) is 1. The summed E-state index contributed by atoms with van der Waals surface area (Å²) in [6.07, 6.45) is 1.77. The lowest BCUT2D eigenvalue weighted by atomic mass is 10.1. The van der Waals surface area contributed by atoms with E-state index < -0.39 is 0 Å². The fourth-order valence-corrected chi connectivity index (χ4v) is 4.88. The van der Waals surface area contributed by atoms with Crippen LogP contribution in [0.25, 0.3) is 6.08 Å². The van der Waals surface area contributed by atoms with E-state index in [0.29, 0.717) is 26.4 Å². The summed E-state index contributed by atoms with van der Waals surface area (Å²) in [5.41, 5.74) is 5.58. The van der Waals surface area contributed by atoms with E-state index in [1.807, 2.05) is 63.2 Å². The van der Waals surface area contributed by atoms with Crippen LogP contribution in [0.1, 0.15) is 22.3 Å². The van der Waals surface area contributed by atoms with Crippen LogP contribution in [0.15, 0.2) is 65.6 Å². The molecule has 0 aliphatic carbocycles. The number of methoxy groups -OCH3 is 1. The molecule has 1 N–H and O–H groups in total. The molecule has 1 heterocycles. The minimum Gasteiger partial charge on any atom is -0.493 e. The second-order valence-electron chi connectivity index (χ2n) is 8.40. The number of thioether (sulfide) groups is 1. The van der Waals surface area contributed by atoms with Gasteiger partial charge in [0, 0.05) is 5.69 Å². The van der Waals surface area contributed by atoms with Gasteiger partial charge in [0.05, 0.1) is 17.7 Å². The first kappa shape index (κ1) is 25.5. The van der Waals surface area contributed by atoms with Crippen molar-refractivity contribution in [1.29, 1.82) is 0 Å². The number of thiocarbonyl (C=S) groups is 1. The summed E-state index contributed by atoms with van der Waals surface area (Å²) in [6.45, 7) is 5.85. The topological polar surface area (TPSA) is 67.9 Å². The molecule has 0 unspecified atom stereocenters. The number of amides is 2. The van der Waals surface area contributed by atoms with Crippen molar-refractivity contribution in [3.63, 3.8) is 0 Å². The smallest absolute Gasteiger partial charge is 0.270 e. The van der Waals surface area contributed by atoms with Crippen LogP contribution in [-0.2, 0) is 9.59 Å². The highest BCUT2D eigenvalue weighted by molar-refractivity contribution is 8.27. The van der Waals surface area contributed by atoms with E-state index in [9.17, 15) is 9.59 Å². The molecule has 184 valence electrons. The number of carbonyl (C=O) groups excluding carboxylic acids is 2. The zero-order chi connectivity index (χ0) is 25.8. The Morgan fingerprint density at radius 1 is 1.00 bits per heavy atom. The van der Waals surface area contributed by atoms with Crippen molar-refractivity contribution in [1.82, 2.24) is 0 Å². The SMILES string of the molecule is COc1cc(/C=C2/SC(=S)N(c3ccc(C)c(C)c3)C2=O)ccc1OCC(=O)Nc1ccc(C)cc1. The molecule has 1 aliphatic rings. The molecule has 1 saturated heterocycles. The predicted octanol–water partition coefficient (Wildman–Crippen LogP) is 6.04. The van der Waals surface area contributed by atoms with Crippen LogP contribution in [0.3, 0.4) is 0 Å². The maximum Gasteiger partial charge on any atom is 0.270 e. The highest BCUT2D eigenvalue weighted by Gasteiger charge is 2.33. The second-order valence-corrected chi connectivity index (χ2v) is 10.1. The molecule has 0 atom stereocenters. The molecule has 0 radical (unpaired) electrons. The van der Waals surface area contributed by atoms with E-state index in [0.717, 1.165) is 27.9 Å². The Morgan fingerprint density at radius 2 is 1.75 bits per heavy atom. The molecule has 6 nitrogen and oxygen atoms in total. The summed E-state index contributed by atoms with van der Waals surface area (Å²) in [7, 11) is 1.53. The molecular formula is C28H26N2O4S2. The molecule has 8 heteroatoms. The average Bonchev–Trinajstić information content (AvgIpc) is 3.13. The van der Waals surface area contributed by atoms with Crippen LogP contribution in [0.4, 0.5) is 11.4 Å². The number of hydrogen-bond acceptors (Lipinski definition) is 6. The lowest BCUT2D eigenvalue weighted by Crippen LogP contribution is -2.27. The first-order valence-corrected chi connectivity index (χ1v) is 12.5. The van der Waals surface area contributed by atoms with Crippen molar-refractivity contribution in [2.45, 2.75) is 20.8 Å². The van der Waals surface area contributed by atoms with Crippen molar-refractivity contribution in [2.24, 2.45) is 0 Å². The molecule has 1 fully saturated rings. The Hall–Kier alpha value is -3.62. The fourth-order valence-electron chi connectivity index (χ4n) is 3.58. The number of nitrogens with zero attached hydrogens (tertiary/aromatic N) is 1. The quantitative estimate of drug-likeness (QED) is 0.304. The summed E-state index contributed by atoms with van der Waals surface area (Å²) in [5, 5.41) is 2.80. The predicted molar refractivity (Wildman–Crippen MR) is 150 cm³/mol. The van der Waals surface area contributed by atoms with Gasteiger partial charge in [-0.2, -0.15) is 0 Å². The average molecular weight is 519 g/mol. The van der Waals surface area contributed by atoms with Crippen LogP contribution >= 0.6 is 24.0 Å². The van der Waals surface area contributed by atoms with Gasteiger partial charge in [0.1, 0.15) is 0 Å². The van der Waals surface area contributed by atoms with Crippen molar-refractivity contribution >= 4 is 57.6 Å². The third kappa shape index (κ3) is 5.78. The Bertz CT molecular complexity index is 1370. The van der Waals surface area contributed by atoms with Gasteiger partial charge in [-0.3, -0.25) is 14.5 Å². The normalized spacial score (nSPS) is 14.3. The van der Waals surface area contributed by atoms with Gasteiger partial charge in [-0.05, 0) is 79.9 Å². The fraction of sp³-hybridized carbons (Fsp3) is 0.179. The van der Waals surface area contributed by atoms with Crippen LogP contribution in [-0.4, -0.2) is 29.9 Å². The Morgan fingerprint density at radius 3 is 2.44 bits per heavy atom. The molecule has 3 aromatic rings. The largest absolute Gasteiger partial charge is 0.493 e. The molecule has 0 saturated carbocycles. The second kappa shape index (κ2) is 11.0. The highest BCUT2D eigenvalue weighted by Crippen LogP contribution is 2.37. The van der Waals surface area contributed by atoms with E-state index in [-0.39, 0.29) is 18.4 Å². The molecule has 3 aromatic carbocycles. The van der Waals surface area contributed by atoms with Crippen molar-refractivity contribution in [3.8, 4) is 11.5 Å². The van der Waals surface area contributed by atoms with Crippen LogP contribution < -0.4 is 19.7 Å². The molecule has 36 heavy (non-hydrogen) atoms. The van der Waals surface area contributed by atoms with Gasteiger partial charge in [-0.25, -0.2) is 0 Å². The standard InChI is InChI=1S/C28H26N2O4S2/c1-17-5-9-21(10-6-17)29-26(31)16-34-23-12-8-20(14-24(23)33-4)15-25-27(32)30(28(35)36-25)22-11-7-18(2)19(3)13-22/h5-15H,16H2,1-4H3,(H,29,31)/b25-15+. The molecule has 1 aliphatic heterocycles. The number of anilines is 2. The Kier molecular flexibility index (Phi) is 7.76. The summed E-state index contributed by atoms with van der Waals surface area (Å²) >= 11 is 6.75. The number of rotatable bonds is 7. The number of benzene rings is 3. The van der Waals surface area contributed by atoms with E-state index in [4.69, 9.17) is 21.7 Å². The number of ether oxygens (including phenoxy) is 2. The van der Waals surface area contributed by atoms with Gasteiger partial charge in [-0.1, -0.05) is 53.8 Å². The number of aryl methyl sites for hydroxylation is 3. The van der Waals surface area contributed by atoms with Gasteiger partial charge in [-0.15, -0.1) is 0 Å². The first-order chi connectivity index (χ1) is 17.2. The number of hydrogen-bond donors (Lipinski definition) is 1. The third-order valence-corrected chi connectivity index (χ3v) is 7.02. The minimum atomic E-state index is -0.278. The van der Waals surface area contributed by atoms with Gasteiger partial charge in [0.15, 0.2) is 22.4 Å². The first-order valence-electron chi connectivity index (χ1n) is 11.3. The zero-order valence-corrected chi connectivity index (χ0v) is 22.1. The maximum atomic E-state index is 13.1. The van der Waals surface area contributed by atoms with E-state index in [1.54, 1.807) is 29.2 Å². The zero-order valence-electron chi connectivity index (χ0n) is 20.5.